The molecule has 0 bridgehead atoms. The number of hydrogen-bond acceptors (Lipinski definition) is 9. The lowest BCUT2D eigenvalue weighted by atomic mass is 10.1. The van der Waals surface area contributed by atoms with Crippen LogP contribution in [0.5, 0.6) is 5.75 Å². The molecule has 0 spiro atoms. The van der Waals surface area contributed by atoms with Crippen LogP contribution in [0.2, 0.25) is 0 Å². The molecule has 0 radical (unpaired) electrons. The number of carbonyl (C=O) groups excluding carboxylic acids is 1. The number of methoxy groups -OCH3 is 1. The standard InChI is InChI=1S/C31H36N8O3/c1-6-28(40)33-24-16-25(27(41-5)17-26(24)38-12-14-42-15-13-38)34-31-32-18-21(2)30(35-31)39-20-23(19-37(3)4)29(36-39)22-10-8-7-9-11-22/h6-11,16-18,20H,1,12-15,19H2,2-5H3,(H,33,40)(H,32,34,35). The first-order valence-corrected chi connectivity index (χ1v) is 13.7. The van der Waals surface area contributed by atoms with Crippen LogP contribution in [0.25, 0.3) is 17.1 Å². The van der Waals surface area contributed by atoms with Crippen LogP contribution >= 0.6 is 0 Å². The van der Waals surface area contributed by atoms with Crippen molar-refractivity contribution < 1.29 is 14.3 Å². The smallest absolute Gasteiger partial charge is 0.247 e. The molecule has 2 N–H and O–H groups in total. The highest BCUT2D eigenvalue weighted by molar-refractivity contribution is 6.02. The molecule has 1 aliphatic heterocycles. The maximum absolute atomic E-state index is 12.3. The summed E-state index contributed by atoms with van der Waals surface area (Å²) in [5, 5.41) is 11.2. The van der Waals surface area contributed by atoms with Crippen molar-refractivity contribution in [3.8, 4) is 22.8 Å². The number of hydrogen-bond donors (Lipinski definition) is 2. The predicted molar refractivity (Wildman–Crippen MR) is 165 cm³/mol. The number of aryl methyl sites for hydroxylation is 1. The first-order valence-electron chi connectivity index (χ1n) is 13.7. The fraction of sp³-hybridized carbons (Fsp3) is 0.290. The van der Waals surface area contributed by atoms with Crippen LogP contribution < -0.4 is 20.3 Å². The Morgan fingerprint density at radius 1 is 1.17 bits per heavy atom. The largest absolute Gasteiger partial charge is 0.494 e. The Hall–Kier alpha value is -4.74. The lowest BCUT2D eigenvalue weighted by Gasteiger charge is -2.31. The average Bonchev–Trinajstić information content (AvgIpc) is 3.41. The van der Waals surface area contributed by atoms with Crippen molar-refractivity contribution in [3.63, 3.8) is 0 Å². The van der Waals surface area contributed by atoms with Crippen LogP contribution in [0.3, 0.4) is 0 Å². The average molecular weight is 569 g/mol. The van der Waals surface area contributed by atoms with Crippen molar-refractivity contribution in [3.05, 3.63) is 78.6 Å². The lowest BCUT2D eigenvalue weighted by molar-refractivity contribution is -0.111. The zero-order valence-corrected chi connectivity index (χ0v) is 24.4. The molecule has 1 amide bonds. The van der Waals surface area contributed by atoms with Crippen LogP contribution in [0.15, 0.2) is 67.5 Å². The fourth-order valence-electron chi connectivity index (χ4n) is 4.84. The van der Waals surface area contributed by atoms with E-state index < -0.39 is 0 Å². The minimum absolute atomic E-state index is 0.309. The first kappa shape index (κ1) is 28.8. The molecule has 0 aliphatic carbocycles. The Morgan fingerprint density at radius 2 is 1.93 bits per heavy atom. The van der Waals surface area contributed by atoms with Gasteiger partial charge >= 0.3 is 0 Å². The van der Waals surface area contributed by atoms with Gasteiger partial charge in [0.2, 0.25) is 11.9 Å². The summed E-state index contributed by atoms with van der Waals surface area (Å²) in [5.74, 6) is 1.28. The van der Waals surface area contributed by atoms with Crippen LogP contribution in [0.1, 0.15) is 11.1 Å². The summed E-state index contributed by atoms with van der Waals surface area (Å²) in [4.78, 5) is 26.0. The molecular formula is C31H36N8O3. The molecule has 2 aromatic carbocycles. The number of nitrogens with one attached hydrogen (secondary N) is 2. The zero-order chi connectivity index (χ0) is 29.6. The molecular weight excluding hydrogens is 532 g/mol. The van der Waals surface area contributed by atoms with Gasteiger partial charge in [-0.1, -0.05) is 36.9 Å². The van der Waals surface area contributed by atoms with E-state index in [-0.39, 0.29) is 5.91 Å². The third-order valence-corrected chi connectivity index (χ3v) is 6.85. The SMILES string of the molecule is C=CC(=O)Nc1cc(Nc2ncc(C)c(-n3cc(CN(C)C)c(-c4ccccc4)n3)n2)c(OC)cc1N1CCOCC1. The van der Waals surface area contributed by atoms with E-state index in [0.717, 1.165) is 34.6 Å². The van der Waals surface area contributed by atoms with Gasteiger partial charge in [0.1, 0.15) is 5.75 Å². The van der Waals surface area contributed by atoms with E-state index in [2.05, 4.69) is 44.1 Å². The number of morpholine rings is 1. The number of benzene rings is 2. The van der Waals surface area contributed by atoms with E-state index >= 15 is 0 Å². The van der Waals surface area contributed by atoms with Gasteiger partial charge in [0, 0.05) is 54.8 Å². The van der Waals surface area contributed by atoms with E-state index in [1.165, 1.54) is 6.08 Å². The summed E-state index contributed by atoms with van der Waals surface area (Å²) in [6, 6.07) is 13.8. The third kappa shape index (κ3) is 6.42. The quantitative estimate of drug-likeness (QED) is 0.269. The van der Waals surface area contributed by atoms with Gasteiger partial charge in [-0.05, 0) is 33.2 Å². The highest BCUT2D eigenvalue weighted by Gasteiger charge is 2.21. The van der Waals surface area contributed by atoms with Crippen LogP contribution in [0.4, 0.5) is 23.0 Å². The van der Waals surface area contributed by atoms with Crippen LogP contribution in [-0.2, 0) is 16.1 Å². The summed E-state index contributed by atoms with van der Waals surface area (Å²) in [7, 11) is 5.68. The second-order valence-electron chi connectivity index (χ2n) is 10.2. The molecule has 11 heteroatoms. The number of aromatic nitrogens is 4. The molecule has 1 aliphatic rings. The predicted octanol–water partition coefficient (Wildman–Crippen LogP) is 4.41. The topological polar surface area (TPSA) is 110 Å². The Kier molecular flexibility index (Phi) is 8.80. The molecule has 0 atom stereocenters. The number of rotatable bonds is 10. The van der Waals surface area contributed by atoms with Gasteiger partial charge in [-0.15, -0.1) is 0 Å². The monoisotopic (exact) mass is 568 g/mol. The van der Waals surface area contributed by atoms with Crippen molar-refractivity contribution in [2.75, 3.05) is 63.0 Å². The minimum Gasteiger partial charge on any atom is -0.494 e. The number of anilines is 4. The number of nitrogens with zero attached hydrogens (tertiary/aromatic N) is 6. The van der Waals surface area contributed by atoms with Crippen molar-refractivity contribution in [2.45, 2.75) is 13.5 Å². The van der Waals surface area contributed by atoms with E-state index in [4.69, 9.17) is 19.6 Å². The Bertz CT molecular complexity index is 1560. The van der Waals surface area contributed by atoms with E-state index in [9.17, 15) is 4.79 Å². The summed E-state index contributed by atoms with van der Waals surface area (Å²) >= 11 is 0. The number of ether oxygens (including phenoxy) is 2. The number of carbonyl (C=O) groups is 1. The van der Waals surface area contributed by atoms with Crippen molar-refractivity contribution in [1.29, 1.82) is 0 Å². The normalized spacial score (nSPS) is 13.2. The van der Waals surface area contributed by atoms with Gasteiger partial charge in [-0.25, -0.2) is 9.67 Å². The summed E-state index contributed by atoms with van der Waals surface area (Å²) in [6.45, 7) is 8.88. The Morgan fingerprint density at radius 3 is 2.62 bits per heavy atom. The molecule has 3 heterocycles. The molecule has 0 unspecified atom stereocenters. The summed E-state index contributed by atoms with van der Waals surface area (Å²) in [6.07, 6.45) is 5.02. The van der Waals surface area contributed by atoms with E-state index in [1.54, 1.807) is 18.0 Å². The summed E-state index contributed by atoms with van der Waals surface area (Å²) < 4.78 is 13.1. The highest BCUT2D eigenvalue weighted by Crippen LogP contribution is 2.38. The van der Waals surface area contributed by atoms with Gasteiger partial charge < -0.3 is 29.9 Å². The van der Waals surface area contributed by atoms with Gasteiger partial charge in [0.15, 0.2) is 5.82 Å². The number of amides is 1. The molecule has 1 saturated heterocycles. The second-order valence-corrected chi connectivity index (χ2v) is 10.2. The van der Waals surface area contributed by atoms with Crippen LogP contribution in [0, 0.1) is 6.92 Å². The molecule has 11 nitrogen and oxygen atoms in total. The van der Waals surface area contributed by atoms with Gasteiger partial charge in [0.25, 0.3) is 0 Å². The van der Waals surface area contributed by atoms with Crippen LogP contribution in [-0.4, -0.2) is 78.1 Å². The van der Waals surface area contributed by atoms with Gasteiger partial charge in [0.05, 0.1) is 43.1 Å². The lowest BCUT2D eigenvalue weighted by Crippen LogP contribution is -2.36. The Labute approximate surface area is 245 Å². The van der Waals surface area contributed by atoms with E-state index in [0.29, 0.717) is 55.2 Å². The molecule has 2 aromatic heterocycles. The molecule has 42 heavy (non-hydrogen) atoms. The molecule has 1 fully saturated rings. The van der Waals surface area contributed by atoms with Gasteiger partial charge in [-0.2, -0.15) is 10.1 Å². The third-order valence-electron chi connectivity index (χ3n) is 6.85. The maximum Gasteiger partial charge on any atom is 0.247 e. The highest BCUT2D eigenvalue weighted by atomic mass is 16.5. The summed E-state index contributed by atoms with van der Waals surface area (Å²) in [5.41, 5.74) is 5.94. The van der Waals surface area contributed by atoms with Gasteiger partial charge in [-0.3, -0.25) is 4.79 Å². The molecule has 4 aromatic rings. The van der Waals surface area contributed by atoms with Crippen molar-refractivity contribution in [1.82, 2.24) is 24.6 Å². The van der Waals surface area contributed by atoms with Crippen molar-refractivity contribution in [2.24, 2.45) is 0 Å². The van der Waals surface area contributed by atoms with E-state index in [1.807, 2.05) is 57.5 Å². The minimum atomic E-state index is -0.309. The fourth-order valence-corrected chi connectivity index (χ4v) is 4.84. The molecule has 5 rings (SSSR count). The molecule has 0 saturated carbocycles. The second kappa shape index (κ2) is 12.8. The maximum atomic E-state index is 12.3. The zero-order valence-electron chi connectivity index (χ0n) is 24.4. The van der Waals surface area contributed by atoms with Crippen molar-refractivity contribution >= 4 is 28.9 Å². The first-order chi connectivity index (χ1) is 20.4. The molecule has 218 valence electrons. The Balaban J connectivity index is 1.52.